The molecule has 0 amide bonds. The third-order valence-electron chi connectivity index (χ3n) is 5.54. The van der Waals surface area contributed by atoms with Gasteiger partial charge < -0.3 is 10.6 Å². The number of piperidine rings is 1. The van der Waals surface area contributed by atoms with Crippen molar-refractivity contribution >= 4 is 16.9 Å². The minimum atomic E-state index is 0.759. The van der Waals surface area contributed by atoms with E-state index in [-0.39, 0.29) is 0 Å². The molecule has 0 spiro atoms. The average molecular weight is 368 g/mol. The first-order chi connectivity index (χ1) is 13.3. The Kier molecular flexibility index (Phi) is 7.45. The maximum absolute atomic E-state index is 4.54. The Bertz CT molecular complexity index is 737. The minimum absolute atomic E-state index is 0.759. The number of fused-ring (bicyclic) bond motifs is 1. The lowest BCUT2D eigenvalue weighted by Crippen LogP contribution is -2.46. The summed E-state index contributed by atoms with van der Waals surface area (Å²) in [5, 5.41) is 8.10. The molecule has 1 atom stereocenters. The van der Waals surface area contributed by atoms with Crippen LogP contribution in [0.1, 0.15) is 38.2 Å². The van der Waals surface area contributed by atoms with Gasteiger partial charge in [0.15, 0.2) is 5.96 Å². The summed E-state index contributed by atoms with van der Waals surface area (Å²) in [6.45, 7) is 6.41. The van der Waals surface area contributed by atoms with Gasteiger partial charge in [0, 0.05) is 44.3 Å². The van der Waals surface area contributed by atoms with Crippen LogP contribution in [0.4, 0.5) is 0 Å². The van der Waals surface area contributed by atoms with Gasteiger partial charge >= 0.3 is 0 Å². The molecule has 146 valence electrons. The monoisotopic (exact) mass is 367 g/mol. The predicted octanol–water partition coefficient (Wildman–Crippen LogP) is 3.21. The second-order valence-corrected chi connectivity index (χ2v) is 7.26. The Morgan fingerprint density at radius 3 is 2.89 bits per heavy atom. The van der Waals surface area contributed by atoms with Crippen LogP contribution in [0.2, 0.25) is 0 Å². The zero-order chi connectivity index (χ0) is 18.9. The first-order valence-electron chi connectivity index (χ1n) is 10.3. The Morgan fingerprint density at radius 1 is 1.19 bits per heavy atom. The largest absolute Gasteiger partial charge is 0.356 e. The summed E-state index contributed by atoms with van der Waals surface area (Å²) in [5.41, 5.74) is 2.37. The van der Waals surface area contributed by atoms with Crippen LogP contribution < -0.4 is 10.6 Å². The second kappa shape index (κ2) is 10.3. The summed E-state index contributed by atoms with van der Waals surface area (Å²) >= 11 is 0. The van der Waals surface area contributed by atoms with E-state index in [4.69, 9.17) is 0 Å². The minimum Gasteiger partial charge on any atom is -0.356 e. The van der Waals surface area contributed by atoms with Gasteiger partial charge in [0.1, 0.15) is 0 Å². The lowest BCUT2D eigenvalue weighted by molar-refractivity contribution is 0.147. The van der Waals surface area contributed by atoms with Crippen LogP contribution in [0.15, 0.2) is 41.5 Å². The number of guanidine groups is 1. The van der Waals surface area contributed by atoms with Gasteiger partial charge in [-0.2, -0.15) is 0 Å². The first-order valence-corrected chi connectivity index (χ1v) is 10.3. The van der Waals surface area contributed by atoms with Crippen LogP contribution in [0, 0.1) is 0 Å². The highest BCUT2D eigenvalue weighted by Gasteiger charge is 2.19. The maximum Gasteiger partial charge on any atom is 0.191 e. The van der Waals surface area contributed by atoms with Crippen LogP contribution in [-0.2, 0) is 6.42 Å². The van der Waals surface area contributed by atoms with Crippen molar-refractivity contribution in [2.45, 2.75) is 45.1 Å². The highest BCUT2D eigenvalue weighted by molar-refractivity contribution is 5.82. The molecule has 0 aliphatic carbocycles. The molecule has 5 heteroatoms. The molecule has 27 heavy (non-hydrogen) atoms. The highest BCUT2D eigenvalue weighted by Crippen LogP contribution is 2.18. The normalized spacial score (nSPS) is 18.6. The molecule has 2 heterocycles. The fraction of sp³-hybridized carbons (Fsp3) is 0.545. The van der Waals surface area contributed by atoms with E-state index in [1.54, 1.807) is 0 Å². The number of hydrogen-bond acceptors (Lipinski definition) is 3. The number of aliphatic imine (C=N–C) groups is 1. The number of likely N-dealkylation sites (tertiary alicyclic amines) is 1. The quantitative estimate of drug-likeness (QED) is 0.583. The van der Waals surface area contributed by atoms with Crippen molar-refractivity contribution in [2.24, 2.45) is 4.99 Å². The van der Waals surface area contributed by atoms with E-state index in [1.807, 2.05) is 19.3 Å². The first kappa shape index (κ1) is 19.6. The molecule has 1 unspecified atom stereocenters. The van der Waals surface area contributed by atoms with Crippen molar-refractivity contribution in [1.29, 1.82) is 0 Å². The van der Waals surface area contributed by atoms with Gasteiger partial charge in [-0.25, -0.2) is 0 Å². The van der Waals surface area contributed by atoms with E-state index >= 15 is 0 Å². The van der Waals surface area contributed by atoms with Gasteiger partial charge in [-0.15, -0.1) is 0 Å². The summed E-state index contributed by atoms with van der Waals surface area (Å²) in [6, 6.07) is 11.2. The Hall–Kier alpha value is -2.14. The SMILES string of the molecule is CCC1CCCCN1CCNC(=NC)NCCc1cccc2cccnc12. The summed E-state index contributed by atoms with van der Waals surface area (Å²) in [5.74, 6) is 0.883. The van der Waals surface area contributed by atoms with Crippen LogP contribution in [0.3, 0.4) is 0 Å². The molecule has 0 saturated carbocycles. The van der Waals surface area contributed by atoms with Crippen molar-refractivity contribution in [3.8, 4) is 0 Å². The van der Waals surface area contributed by atoms with Gasteiger partial charge in [-0.1, -0.05) is 37.6 Å². The molecule has 0 bridgehead atoms. The molecule has 1 saturated heterocycles. The molecule has 1 fully saturated rings. The van der Waals surface area contributed by atoms with Crippen LogP contribution in [-0.4, -0.2) is 55.1 Å². The molecule has 1 aromatic heterocycles. The standard InChI is InChI=1S/C22H33N5/c1-3-20-11-4-5-16-27(20)17-15-26-22(23-2)25-14-12-19-9-6-8-18-10-7-13-24-21(18)19/h6-10,13,20H,3-5,11-12,14-17H2,1-2H3,(H2,23,25,26). The smallest absolute Gasteiger partial charge is 0.191 e. The van der Waals surface area contributed by atoms with E-state index in [0.29, 0.717) is 0 Å². The Balaban J connectivity index is 1.44. The molecule has 5 nitrogen and oxygen atoms in total. The molecule has 0 radical (unpaired) electrons. The fourth-order valence-electron chi connectivity index (χ4n) is 4.04. The van der Waals surface area contributed by atoms with Crippen molar-refractivity contribution in [2.75, 3.05) is 33.2 Å². The lowest BCUT2D eigenvalue weighted by atomic mass is 10.0. The van der Waals surface area contributed by atoms with E-state index < -0.39 is 0 Å². The van der Waals surface area contributed by atoms with E-state index in [2.05, 4.69) is 56.7 Å². The molecule has 3 rings (SSSR count). The maximum atomic E-state index is 4.54. The Morgan fingerprint density at radius 2 is 2.04 bits per heavy atom. The third-order valence-corrected chi connectivity index (χ3v) is 5.54. The van der Waals surface area contributed by atoms with Gasteiger partial charge in [-0.3, -0.25) is 14.9 Å². The molecular formula is C22H33N5. The van der Waals surface area contributed by atoms with E-state index in [1.165, 1.54) is 43.2 Å². The number of pyridine rings is 1. The number of hydrogen-bond donors (Lipinski definition) is 2. The van der Waals surface area contributed by atoms with Crippen LogP contribution >= 0.6 is 0 Å². The molecule has 2 N–H and O–H groups in total. The summed E-state index contributed by atoms with van der Waals surface area (Å²) in [4.78, 5) is 11.5. The molecule has 1 aliphatic heterocycles. The average Bonchev–Trinajstić information content (AvgIpc) is 2.73. The van der Waals surface area contributed by atoms with Crippen LogP contribution in [0.25, 0.3) is 10.9 Å². The topological polar surface area (TPSA) is 52.5 Å². The van der Waals surface area contributed by atoms with Crippen molar-refractivity contribution in [1.82, 2.24) is 20.5 Å². The fourth-order valence-corrected chi connectivity index (χ4v) is 4.04. The van der Waals surface area contributed by atoms with E-state index in [0.717, 1.165) is 43.6 Å². The highest BCUT2D eigenvalue weighted by atomic mass is 15.2. The number of nitrogens with zero attached hydrogens (tertiary/aromatic N) is 3. The Labute approximate surface area is 163 Å². The van der Waals surface area contributed by atoms with Crippen molar-refractivity contribution < 1.29 is 0 Å². The molecule has 2 aromatic rings. The number of aromatic nitrogens is 1. The number of para-hydroxylation sites is 1. The summed E-state index contributed by atoms with van der Waals surface area (Å²) < 4.78 is 0. The zero-order valence-electron chi connectivity index (χ0n) is 16.7. The van der Waals surface area contributed by atoms with Gasteiger partial charge in [0.2, 0.25) is 0 Å². The molecular weight excluding hydrogens is 334 g/mol. The van der Waals surface area contributed by atoms with Gasteiger partial charge in [0.05, 0.1) is 5.52 Å². The number of rotatable bonds is 7. The zero-order valence-corrected chi connectivity index (χ0v) is 16.7. The molecule has 1 aliphatic rings. The van der Waals surface area contributed by atoms with Crippen molar-refractivity contribution in [3.05, 3.63) is 42.1 Å². The summed E-state index contributed by atoms with van der Waals surface area (Å²) in [6.07, 6.45) is 8.12. The van der Waals surface area contributed by atoms with Gasteiger partial charge in [-0.05, 0) is 43.9 Å². The third kappa shape index (κ3) is 5.42. The predicted molar refractivity (Wildman–Crippen MR) is 114 cm³/mol. The van der Waals surface area contributed by atoms with Crippen molar-refractivity contribution in [3.63, 3.8) is 0 Å². The number of nitrogens with one attached hydrogen (secondary N) is 2. The second-order valence-electron chi connectivity index (χ2n) is 7.26. The number of benzene rings is 1. The van der Waals surface area contributed by atoms with Gasteiger partial charge in [0.25, 0.3) is 0 Å². The summed E-state index contributed by atoms with van der Waals surface area (Å²) in [7, 11) is 1.84. The molecule has 1 aromatic carbocycles. The lowest BCUT2D eigenvalue weighted by Gasteiger charge is -2.35. The van der Waals surface area contributed by atoms with E-state index in [9.17, 15) is 0 Å². The van der Waals surface area contributed by atoms with Crippen LogP contribution in [0.5, 0.6) is 0 Å².